The summed E-state index contributed by atoms with van der Waals surface area (Å²) in [6.07, 6.45) is 0.310. The van der Waals surface area contributed by atoms with E-state index >= 15 is 0 Å². The van der Waals surface area contributed by atoms with Crippen molar-refractivity contribution in [3.05, 3.63) is 47.9 Å². The number of guanidine groups is 1. The fraction of sp³-hybridized carbons (Fsp3) is 0.375. The summed E-state index contributed by atoms with van der Waals surface area (Å²) in [7, 11) is 3.60. The molecule has 0 aliphatic rings. The summed E-state index contributed by atoms with van der Waals surface area (Å²) in [5, 5.41) is 6.20. The highest BCUT2D eigenvalue weighted by Gasteiger charge is 2.30. The minimum absolute atomic E-state index is 0.141. The van der Waals surface area contributed by atoms with E-state index in [-0.39, 0.29) is 12.5 Å². The minimum Gasteiger partial charge on any atom is -0.476 e. The zero-order valence-corrected chi connectivity index (χ0v) is 14.0. The largest absolute Gasteiger partial charge is 0.476 e. The van der Waals surface area contributed by atoms with Crippen molar-refractivity contribution in [2.45, 2.75) is 12.7 Å². The molecule has 0 saturated carbocycles. The molecule has 2 heterocycles. The Morgan fingerprint density at radius 3 is 2.64 bits per heavy atom. The third kappa shape index (κ3) is 6.02. The molecule has 0 bridgehead atoms. The highest BCUT2D eigenvalue weighted by molar-refractivity contribution is 5.79. The maximum Gasteiger partial charge on any atom is 0.417 e. The number of alkyl halides is 3. The van der Waals surface area contributed by atoms with Crippen LogP contribution in [0.3, 0.4) is 0 Å². The monoisotopic (exact) mass is 355 g/mol. The number of hydrogen-bond donors (Lipinski definition) is 2. The van der Waals surface area contributed by atoms with Crippen LogP contribution in [0.1, 0.15) is 11.1 Å². The van der Waals surface area contributed by atoms with Crippen LogP contribution >= 0.6 is 0 Å². The lowest BCUT2D eigenvalue weighted by molar-refractivity contribution is -0.137. The van der Waals surface area contributed by atoms with Crippen LogP contribution in [0, 0.1) is 0 Å². The molecule has 6 nitrogen and oxygen atoms in total. The first-order chi connectivity index (χ1) is 11.9. The van der Waals surface area contributed by atoms with E-state index in [9.17, 15) is 13.2 Å². The summed E-state index contributed by atoms with van der Waals surface area (Å²) < 4.78 is 44.6. The highest BCUT2D eigenvalue weighted by Crippen LogP contribution is 2.29. The second-order valence-electron chi connectivity index (χ2n) is 5.27. The summed E-state index contributed by atoms with van der Waals surface area (Å²) in [5.41, 5.74) is 0.319. The van der Waals surface area contributed by atoms with Gasteiger partial charge in [-0.3, -0.25) is 4.99 Å². The molecule has 0 aliphatic heterocycles. The normalized spacial score (nSPS) is 12.1. The smallest absolute Gasteiger partial charge is 0.417 e. The second kappa shape index (κ2) is 8.41. The number of rotatable bonds is 6. The van der Waals surface area contributed by atoms with Gasteiger partial charge in [0.25, 0.3) is 0 Å². The number of hydrogen-bond acceptors (Lipinski definition) is 3. The molecule has 2 aromatic rings. The minimum atomic E-state index is -4.40. The predicted octanol–water partition coefficient (Wildman–Crippen LogP) is 2.18. The van der Waals surface area contributed by atoms with Gasteiger partial charge in [0.05, 0.1) is 12.1 Å². The number of halogens is 3. The van der Waals surface area contributed by atoms with Gasteiger partial charge in [-0.25, -0.2) is 4.98 Å². The van der Waals surface area contributed by atoms with Crippen molar-refractivity contribution in [2.24, 2.45) is 12.0 Å². The number of pyridine rings is 1. The SMILES string of the molecule is CN=C(NCCOc1ccc(C(F)(F)F)cn1)NCc1ccn(C)c1. The maximum absolute atomic E-state index is 12.4. The van der Waals surface area contributed by atoms with E-state index in [1.165, 1.54) is 6.07 Å². The zero-order chi connectivity index (χ0) is 18.3. The maximum atomic E-state index is 12.4. The van der Waals surface area contributed by atoms with Crippen LogP contribution in [0.2, 0.25) is 0 Å². The first-order valence-electron chi connectivity index (χ1n) is 7.60. The molecule has 0 fully saturated rings. The van der Waals surface area contributed by atoms with Crippen molar-refractivity contribution in [1.29, 1.82) is 0 Å². The summed E-state index contributed by atoms with van der Waals surface area (Å²) in [4.78, 5) is 7.73. The molecular weight excluding hydrogens is 335 g/mol. The van der Waals surface area contributed by atoms with E-state index in [1.54, 1.807) is 7.05 Å². The number of aromatic nitrogens is 2. The van der Waals surface area contributed by atoms with Crippen LogP contribution in [-0.2, 0) is 19.8 Å². The van der Waals surface area contributed by atoms with Crippen LogP contribution in [-0.4, -0.2) is 35.7 Å². The molecule has 2 rings (SSSR count). The average Bonchev–Trinajstić information content (AvgIpc) is 2.99. The Kier molecular flexibility index (Phi) is 6.26. The van der Waals surface area contributed by atoms with Crippen LogP contribution in [0.15, 0.2) is 41.8 Å². The van der Waals surface area contributed by atoms with Gasteiger partial charge in [0.2, 0.25) is 5.88 Å². The van der Waals surface area contributed by atoms with Crippen molar-refractivity contribution in [2.75, 3.05) is 20.2 Å². The van der Waals surface area contributed by atoms with Gasteiger partial charge in [-0.15, -0.1) is 0 Å². The zero-order valence-electron chi connectivity index (χ0n) is 14.0. The second-order valence-corrected chi connectivity index (χ2v) is 5.27. The van der Waals surface area contributed by atoms with E-state index in [2.05, 4.69) is 20.6 Å². The molecule has 25 heavy (non-hydrogen) atoms. The highest BCUT2D eigenvalue weighted by atomic mass is 19.4. The Morgan fingerprint density at radius 2 is 2.08 bits per heavy atom. The van der Waals surface area contributed by atoms with Gasteiger partial charge in [0.1, 0.15) is 6.61 Å². The number of ether oxygens (including phenoxy) is 1. The standard InChI is InChI=1S/C16H20F3N5O/c1-20-15(23-9-12-5-7-24(2)11-12)21-6-8-25-14-4-3-13(10-22-14)16(17,18)19/h3-5,7,10-11H,6,8-9H2,1-2H3,(H2,20,21,23). The molecule has 0 atom stereocenters. The lowest BCUT2D eigenvalue weighted by Gasteiger charge is -2.12. The fourth-order valence-corrected chi connectivity index (χ4v) is 2.03. The van der Waals surface area contributed by atoms with E-state index in [4.69, 9.17) is 4.74 Å². The van der Waals surface area contributed by atoms with E-state index < -0.39 is 11.7 Å². The third-order valence-electron chi connectivity index (χ3n) is 3.28. The molecule has 0 aliphatic carbocycles. The Balaban J connectivity index is 1.70. The first-order valence-corrected chi connectivity index (χ1v) is 7.60. The molecule has 0 saturated heterocycles. The molecule has 9 heteroatoms. The molecule has 0 radical (unpaired) electrons. The Morgan fingerprint density at radius 1 is 1.28 bits per heavy atom. The van der Waals surface area contributed by atoms with Crippen LogP contribution in [0.4, 0.5) is 13.2 Å². The van der Waals surface area contributed by atoms with Gasteiger partial charge < -0.3 is 19.9 Å². The average molecular weight is 355 g/mol. The summed E-state index contributed by atoms with van der Waals surface area (Å²) in [6.45, 7) is 1.30. The van der Waals surface area contributed by atoms with Crippen molar-refractivity contribution in [3.63, 3.8) is 0 Å². The van der Waals surface area contributed by atoms with E-state index in [1.807, 2.05) is 30.1 Å². The molecule has 2 aromatic heterocycles. The molecule has 0 amide bonds. The van der Waals surface area contributed by atoms with Gasteiger partial charge in [-0.05, 0) is 17.7 Å². The van der Waals surface area contributed by atoms with Crippen molar-refractivity contribution in [1.82, 2.24) is 20.2 Å². The van der Waals surface area contributed by atoms with Gasteiger partial charge in [-0.2, -0.15) is 13.2 Å². The topological polar surface area (TPSA) is 63.5 Å². The number of nitrogens with one attached hydrogen (secondary N) is 2. The third-order valence-corrected chi connectivity index (χ3v) is 3.28. The Bertz CT molecular complexity index is 695. The van der Waals surface area contributed by atoms with E-state index in [0.29, 0.717) is 19.0 Å². The molecule has 0 spiro atoms. The van der Waals surface area contributed by atoms with E-state index in [0.717, 1.165) is 17.8 Å². The van der Waals surface area contributed by atoms with Crippen LogP contribution in [0.5, 0.6) is 5.88 Å². The fourth-order valence-electron chi connectivity index (χ4n) is 2.03. The molecule has 2 N–H and O–H groups in total. The summed E-state index contributed by atoms with van der Waals surface area (Å²) in [5.74, 6) is 0.745. The lowest BCUT2D eigenvalue weighted by atomic mass is 10.3. The van der Waals surface area contributed by atoms with Crippen molar-refractivity contribution >= 4 is 5.96 Å². The van der Waals surface area contributed by atoms with Gasteiger partial charge in [0, 0.05) is 45.3 Å². The number of nitrogens with zero attached hydrogens (tertiary/aromatic N) is 3. The quantitative estimate of drug-likeness (QED) is 0.474. The van der Waals surface area contributed by atoms with Crippen LogP contribution < -0.4 is 15.4 Å². The molecule has 0 unspecified atom stereocenters. The first kappa shape index (κ1) is 18.6. The van der Waals surface area contributed by atoms with Gasteiger partial charge in [0.15, 0.2) is 5.96 Å². The molecular formula is C16H20F3N5O. The lowest BCUT2D eigenvalue weighted by Crippen LogP contribution is -2.38. The molecule has 0 aromatic carbocycles. The summed E-state index contributed by atoms with van der Waals surface area (Å²) >= 11 is 0. The molecule has 136 valence electrons. The summed E-state index contributed by atoms with van der Waals surface area (Å²) in [6, 6.07) is 4.14. The Hall–Kier alpha value is -2.71. The van der Waals surface area contributed by atoms with Gasteiger partial charge in [-0.1, -0.05) is 0 Å². The van der Waals surface area contributed by atoms with Crippen molar-refractivity contribution in [3.8, 4) is 5.88 Å². The van der Waals surface area contributed by atoms with Gasteiger partial charge >= 0.3 is 6.18 Å². The Labute approximate surface area is 143 Å². The predicted molar refractivity (Wildman–Crippen MR) is 88.3 cm³/mol. The van der Waals surface area contributed by atoms with Crippen LogP contribution in [0.25, 0.3) is 0 Å². The number of aryl methyl sites for hydroxylation is 1. The van der Waals surface area contributed by atoms with Crippen molar-refractivity contribution < 1.29 is 17.9 Å². The number of aliphatic imine (C=N–C) groups is 1.